The van der Waals surface area contributed by atoms with Gasteiger partial charge in [0.1, 0.15) is 0 Å². The first-order valence-corrected chi connectivity index (χ1v) is 8.16. The van der Waals surface area contributed by atoms with Crippen molar-refractivity contribution in [2.75, 3.05) is 5.75 Å². The third-order valence-corrected chi connectivity index (χ3v) is 6.20. The fraction of sp³-hybridized carbons (Fsp3) is 1.00. The molecular formula is C12H25NO2S. The van der Waals surface area contributed by atoms with Gasteiger partial charge in [0.05, 0.1) is 11.0 Å². The van der Waals surface area contributed by atoms with Gasteiger partial charge in [-0.1, -0.05) is 39.5 Å². The lowest BCUT2D eigenvalue weighted by Crippen LogP contribution is -2.39. The zero-order valence-corrected chi connectivity index (χ0v) is 11.3. The SMILES string of the molecule is CCC(C)C(N)CS(=O)(=O)C1CCCCC1. The predicted octanol–water partition coefficient (Wildman–Crippen LogP) is 2.11. The maximum Gasteiger partial charge on any atom is 0.154 e. The molecule has 0 aliphatic heterocycles. The van der Waals surface area contributed by atoms with Crippen LogP contribution in [0.4, 0.5) is 0 Å². The maximum atomic E-state index is 12.1. The van der Waals surface area contributed by atoms with Crippen LogP contribution in [0.2, 0.25) is 0 Å². The Balaban J connectivity index is 2.56. The summed E-state index contributed by atoms with van der Waals surface area (Å²) < 4.78 is 24.3. The fourth-order valence-corrected chi connectivity index (χ4v) is 4.48. The van der Waals surface area contributed by atoms with Gasteiger partial charge in [-0.15, -0.1) is 0 Å². The molecule has 1 aliphatic carbocycles. The summed E-state index contributed by atoms with van der Waals surface area (Å²) >= 11 is 0. The summed E-state index contributed by atoms with van der Waals surface area (Å²) in [5.41, 5.74) is 5.94. The summed E-state index contributed by atoms with van der Waals surface area (Å²) in [7, 11) is -2.96. The summed E-state index contributed by atoms with van der Waals surface area (Å²) in [5, 5.41) is -0.114. The van der Waals surface area contributed by atoms with E-state index < -0.39 is 9.84 Å². The Morgan fingerprint density at radius 3 is 2.31 bits per heavy atom. The van der Waals surface area contributed by atoms with Crippen LogP contribution in [-0.2, 0) is 9.84 Å². The Labute approximate surface area is 99.7 Å². The van der Waals surface area contributed by atoms with Gasteiger partial charge in [-0.05, 0) is 18.8 Å². The molecule has 1 rings (SSSR count). The van der Waals surface area contributed by atoms with Gasteiger partial charge >= 0.3 is 0 Å². The van der Waals surface area contributed by atoms with Crippen molar-refractivity contribution in [3.8, 4) is 0 Å². The second-order valence-corrected chi connectivity index (χ2v) is 7.46. The second kappa shape index (κ2) is 6.01. The van der Waals surface area contributed by atoms with Gasteiger partial charge in [-0.25, -0.2) is 8.42 Å². The maximum absolute atomic E-state index is 12.1. The van der Waals surface area contributed by atoms with Crippen LogP contribution >= 0.6 is 0 Å². The van der Waals surface area contributed by atoms with Crippen LogP contribution in [-0.4, -0.2) is 25.5 Å². The van der Waals surface area contributed by atoms with Crippen molar-refractivity contribution in [3.05, 3.63) is 0 Å². The molecule has 0 aromatic rings. The van der Waals surface area contributed by atoms with Crippen molar-refractivity contribution in [2.45, 2.75) is 63.7 Å². The highest BCUT2D eigenvalue weighted by Crippen LogP contribution is 2.25. The summed E-state index contributed by atoms with van der Waals surface area (Å²) in [6, 6.07) is -0.197. The molecule has 16 heavy (non-hydrogen) atoms. The molecule has 0 aromatic carbocycles. The summed E-state index contributed by atoms with van der Waals surface area (Å²) in [6.07, 6.45) is 5.93. The van der Waals surface area contributed by atoms with E-state index in [4.69, 9.17) is 5.73 Å². The Morgan fingerprint density at radius 2 is 1.81 bits per heavy atom. The van der Waals surface area contributed by atoms with E-state index in [0.29, 0.717) is 5.92 Å². The Kier molecular flexibility index (Phi) is 5.25. The molecule has 0 amide bonds. The van der Waals surface area contributed by atoms with E-state index in [9.17, 15) is 8.42 Å². The fourth-order valence-electron chi connectivity index (χ4n) is 2.30. The van der Waals surface area contributed by atoms with Gasteiger partial charge in [0, 0.05) is 6.04 Å². The highest BCUT2D eigenvalue weighted by atomic mass is 32.2. The first kappa shape index (κ1) is 14.0. The summed E-state index contributed by atoms with van der Waals surface area (Å²) in [5.74, 6) is 0.463. The van der Waals surface area contributed by atoms with Crippen LogP contribution in [0.5, 0.6) is 0 Å². The average molecular weight is 247 g/mol. The van der Waals surface area contributed by atoms with Gasteiger partial charge in [0.2, 0.25) is 0 Å². The van der Waals surface area contributed by atoms with Crippen molar-refractivity contribution < 1.29 is 8.42 Å². The number of rotatable bonds is 5. The molecule has 0 bridgehead atoms. The van der Waals surface area contributed by atoms with Crippen LogP contribution < -0.4 is 5.73 Å². The van der Waals surface area contributed by atoms with Gasteiger partial charge in [-0.3, -0.25) is 0 Å². The van der Waals surface area contributed by atoms with Crippen LogP contribution in [0.3, 0.4) is 0 Å². The lowest BCUT2D eigenvalue weighted by Gasteiger charge is -2.25. The predicted molar refractivity (Wildman–Crippen MR) is 68.1 cm³/mol. The molecule has 0 saturated heterocycles. The number of sulfone groups is 1. The minimum absolute atomic E-state index is 0.114. The van der Waals surface area contributed by atoms with Crippen molar-refractivity contribution in [2.24, 2.45) is 11.7 Å². The highest BCUT2D eigenvalue weighted by molar-refractivity contribution is 7.92. The molecule has 0 aromatic heterocycles. The summed E-state index contributed by atoms with van der Waals surface area (Å²) in [4.78, 5) is 0. The van der Waals surface area contributed by atoms with E-state index in [1.54, 1.807) is 0 Å². The highest BCUT2D eigenvalue weighted by Gasteiger charge is 2.29. The molecule has 3 nitrogen and oxygen atoms in total. The molecule has 4 heteroatoms. The topological polar surface area (TPSA) is 60.2 Å². The second-order valence-electron chi connectivity index (χ2n) is 5.14. The first-order valence-electron chi connectivity index (χ1n) is 6.44. The summed E-state index contributed by atoms with van der Waals surface area (Å²) in [6.45, 7) is 4.08. The van der Waals surface area contributed by atoms with E-state index in [1.165, 1.54) is 6.42 Å². The molecule has 0 heterocycles. The molecule has 2 N–H and O–H groups in total. The Bertz CT molecular complexity index is 294. The van der Waals surface area contributed by atoms with Gasteiger partial charge in [-0.2, -0.15) is 0 Å². The van der Waals surface area contributed by atoms with Crippen LogP contribution in [0.1, 0.15) is 52.4 Å². The average Bonchev–Trinajstić information content (AvgIpc) is 2.28. The van der Waals surface area contributed by atoms with Gasteiger partial charge < -0.3 is 5.73 Å². The Hall–Kier alpha value is -0.0900. The smallest absolute Gasteiger partial charge is 0.154 e. The van der Waals surface area contributed by atoms with E-state index >= 15 is 0 Å². The van der Waals surface area contributed by atoms with E-state index in [2.05, 4.69) is 6.92 Å². The van der Waals surface area contributed by atoms with Crippen molar-refractivity contribution in [3.63, 3.8) is 0 Å². The molecule has 1 saturated carbocycles. The normalized spacial score (nSPS) is 22.9. The Morgan fingerprint density at radius 1 is 1.25 bits per heavy atom. The van der Waals surface area contributed by atoms with Crippen molar-refractivity contribution >= 4 is 9.84 Å². The van der Waals surface area contributed by atoms with Gasteiger partial charge in [0.15, 0.2) is 9.84 Å². The van der Waals surface area contributed by atoms with Crippen molar-refractivity contribution in [1.29, 1.82) is 0 Å². The number of nitrogens with two attached hydrogens (primary N) is 1. The van der Waals surface area contributed by atoms with Crippen LogP contribution in [0, 0.1) is 5.92 Å². The molecule has 2 unspecified atom stereocenters. The van der Waals surface area contributed by atoms with Crippen LogP contribution in [0.25, 0.3) is 0 Å². The largest absolute Gasteiger partial charge is 0.327 e. The minimum atomic E-state index is -2.96. The molecule has 1 aliphatic rings. The van der Waals surface area contributed by atoms with Crippen LogP contribution in [0.15, 0.2) is 0 Å². The monoisotopic (exact) mass is 247 g/mol. The molecule has 1 fully saturated rings. The molecule has 0 radical (unpaired) electrons. The molecule has 96 valence electrons. The van der Waals surface area contributed by atoms with E-state index in [1.807, 2.05) is 6.92 Å². The number of hydrogen-bond donors (Lipinski definition) is 1. The quantitative estimate of drug-likeness (QED) is 0.809. The lowest BCUT2D eigenvalue weighted by molar-refractivity contribution is 0.451. The van der Waals surface area contributed by atoms with Crippen molar-refractivity contribution in [1.82, 2.24) is 0 Å². The third-order valence-electron chi connectivity index (χ3n) is 3.86. The molecular weight excluding hydrogens is 222 g/mol. The zero-order chi connectivity index (χ0) is 12.2. The van der Waals surface area contributed by atoms with E-state index in [0.717, 1.165) is 32.1 Å². The number of hydrogen-bond acceptors (Lipinski definition) is 3. The van der Waals surface area contributed by atoms with Gasteiger partial charge in [0.25, 0.3) is 0 Å². The third kappa shape index (κ3) is 3.74. The zero-order valence-electron chi connectivity index (χ0n) is 10.5. The standard InChI is InChI=1S/C12H25NO2S/c1-3-10(2)12(13)9-16(14,15)11-7-5-4-6-8-11/h10-12H,3-9,13H2,1-2H3. The molecule has 2 atom stereocenters. The molecule has 0 spiro atoms. The van der Waals surface area contributed by atoms with E-state index in [-0.39, 0.29) is 17.0 Å². The first-order chi connectivity index (χ1) is 7.47. The lowest BCUT2D eigenvalue weighted by atomic mass is 10.0. The minimum Gasteiger partial charge on any atom is -0.327 e.